The monoisotopic (exact) mass is 259 g/mol. The molecule has 19 heavy (non-hydrogen) atoms. The third-order valence-electron chi connectivity index (χ3n) is 4.26. The summed E-state index contributed by atoms with van der Waals surface area (Å²) in [6.07, 6.45) is 2.22. The van der Waals surface area contributed by atoms with Crippen LogP contribution in [0.1, 0.15) is 30.7 Å². The molecule has 2 aliphatic rings. The van der Waals surface area contributed by atoms with Crippen LogP contribution in [0.25, 0.3) is 0 Å². The van der Waals surface area contributed by atoms with Gasteiger partial charge < -0.3 is 10.4 Å². The summed E-state index contributed by atoms with van der Waals surface area (Å²) in [5.41, 5.74) is 0.522. The van der Waals surface area contributed by atoms with Crippen molar-refractivity contribution in [2.75, 3.05) is 6.54 Å². The first-order valence-electron chi connectivity index (χ1n) is 6.68. The van der Waals surface area contributed by atoms with E-state index < -0.39 is 11.4 Å². The second kappa shape index (κ2) is 4.37. The highest BCUT2D eigenvalue weighted by Gasteiger charge is 2.51. The number of hydrogen-bond donors (Lipinski definition) is 2. The maximum absolute atomic E-state index is 12.0. The molecule has 0 aromatic heterocycles. The first-order valence-corrected chi connectivity index (χ1v) is 6.68. The van der Waals surface area contributed by atoms with Gasteiger partial charge in [0, 0.05) is 12.5 Å². The maximum Gasteiger partial charge on any atom is 0.311 e. The predicted octanol–water partition coefficient (Wildman–Crippen LogP) is 1.77. The fourth-order valence-electron chi connectivity index (χ4n) is 2.56. The summed E-state index contributed by atoms with van der Waals surface area (Å²) in [6.45, 7) is 0.277. The molecule has 1 aromatic carbocycles. The van der Waals surface area contributed by atoms with Crippen molar-refractivity contribution in [3.63, 3.8) is 0 Å². The quantitative estimate of drug-likeness (QED) is 0.847. The largest absolute Gasteiger partial charge is 0.481 e. The Bertz CT molecular complexity index is 507. The van der Waals surface area contributed by atoms with Gasteiger partial charge in [0.15, 0.2) is 0 Å². The van der Waals surface area contributed by atoms with Gasteiger partial charge in [-0.2, -0.15) is 0 Å². The van der Waals surface area contributed by atoms with Crippen molar-refractivity contribution in [1.29, 1.82) is 0 Å². The Morgan fingerprint density at radius 3 is 2.53 bits per heavy atom. The Labute approximate surface area is 111 Å². The molecule has 0 bridgehead atoms. The van der Waals surface area contributed by atoms with Gasteiger partial charge in [-0.25, -0.2) is 0 Å². The van der Waals surface area contributed by atoms with Crippen LogP contribution in [0.2, 0.25) is 0 Å². The molecule has 0 saturated heterocycles. The minimum absolute atomic E-state index is 0.00128. The molecular weight excluding hydrogens is 242 g/mol. The first kappa shape index (κ1) is 12.2. The SMILES string of the molecule is O=C(NCC1(C(=O)O)CC1)C1CC1c1ccccc1. The lowest BCUT2D eigenvalue weighted by molar-refractivity contribution is -0.143. The molecule has 2 aliphatic carbocycles. The van der Waals surface area contributed by atoms with Crippen molar-refractivity contribution in [2.45, 2.75) is 25.2 Å². The smallest absolute Gasteiger partial charge is 0.311 e. The molecule has 2 saturated carbocycles. The number of benzene rings is 1. The molecule has 3 rings (SSSR count). The zero-order valence-electron chi connectivity index (χ0n) is 10.6. The highest BCUT2D eigenvalue weighted by molar-refractivity contribution is 5.84. The van der Waals surface area contributed by atoms with Crippen molar-refractivity contribution in [2.24, 2.45) is 11.3 Å². The van der Waals surface area contributed by atoms with Crippen molar-refractivity contribution in [3.8, 4) is 0 Å². The van der Waals surface area contributed by atoms with E-state index >= 15 is 0 Å². The summed E-state index contributed by atoms with van der Waals surface area (Å²) < 4.78 is 0. The molecule has 0 heterocycles. The lowest BCUT2D eigenvalue weighted by Crippen LogP contribution is -2.35. The summed E-state index contributed by atoms with van der Waals surface area (Å²) in [7, 11) is 0. The number of amides is 1. The number of carboxylic acid groups (broad SMARTS) is 1. The normalized spacial score (nSPS) is 26.5. The molecule has 4 heteroatoms. The topological polar surface area (TPSA) is 66.4 Å². The van der Waals surface area contributed by atoms with E-state index in [0.29, 0.717) is 18.8 Å². The minimum atomic E-state index is -0.789. The molecule has 2 fully saturated rings. The third-order valence-corrected chi connectivity index (χ3v) is 4.26. The molecule has 100 valence electrons. The van der Waals surface area contributed by atoms with Crippen LogP contribution in [0.3, 0.4) is 0 Å². The fourth-order valence-corrected chi connectivity index (χ4v) is 2.56. The molecule has 1 amide bonds. The van der Waals surface area contributed by atoms with Crippen molar-refractivity contribution in [3.05, 3.63) is 35.9 Å². The molecule has 0 spiro atoms. The molecule has 2 N–H and O–H groups in total. The second-order valence-electron chi connectivity index (χ2n) is 5.66. The summed E-state index contributed by atoms with van der Waals surface area (Å²) >= 11 is 0. The van der Waals surface area contributed by atoms with Gasteiger partial charge in [0.1, 0.15) is 0 Å². The van der Waals surface area contributed by atoms with E-state index in [2.05, 4.69) is 5.32 Å². The Balaban J connectivity index is 1.52. The Morgan fingerprint density at radius 2 is 1.95 bits per heavy atom. The van der Waals surface area contributed by atoms with Crippen LogP contribution in [0.5, 0.6) is 0 Å². The number of aliphatic carboxylic acids is 1. The van der Waals surface area contributed by atoms with Gasteiger partial charge >= 0.3 is 5.97 Å². The van der Waals surface area contributed by atoms with Gasteiger partial charge in [-0.15, -0.1) is 0 Å². The number of hydrogen-bond acceptors (Lipinski definition) is 2. The maximum atomic E-state index is 12.0. The van der Waals surface area contributed by atoms with Crippen LogP contribution in [0.15, 0.2) is 30.3 Å². The van der Waals surface area contributed by atoms with E-state index in [9.17, 15) is 9.59 Å². The highest BCUT2D eigenvalue weighted by atomic mass is 16.4. The number of carboxylic acids is 1. The van der Waals surface area contributed by atoms with E-state index in [1.807, 2.05) is 30.3 Å². The molecular formula is C15H17NO3. The predicted molar refractivity (Wildman–Crippen MR) is 69.6 cm³/mol. The number of carbonyl (C=O) groups excluding carboxylic acids is 1. The van der Waals surface area contributed by atoms with E-state index in [1.165, 1.54) is 5.56 Å². The molecule has 2 atom stereocenters. The number of carbonyl (C=O) groups is 2. The number of nitrogens with one attached hydrogen (secondary N) is 1. The van der Waals surface area contributed by atoms with Gasteiger partial charge in [-0.05, 0) is 30.7 Å². The lowest BCUT2D eigenvalue weighted by Gasteiger charge is -2.11. The Hall–Kier alpha value is -1.84. The zero-order chi connectivity index (χ0) is 13.5. The average Bonchev–Trinajstić information content (AvgIpc) is 3.30. The Kier molecular flexibility index (Phi) is 2.81. The molecule has 1 aromatic rings. The van der Waals surface area contributed by atoms with Gasteiger partial charge in [0.25, 0.3) is 0 Å². The molecule has 0 aliphatic heterocycles. The molecule has 2 unspecified atom stereocenters. The van der Waals surface area contributed by atoms with Crippen LogP contribution < -0.4 is 5.32 Å². The summed E-state index contributed by atoms with van der Waals surface area (Å²) in [6, 6.07) is 10.00. The molecule has 4 nitrogen and oxygen atoms in total. The van der Waals surface area contributed by atoms with Crippen molar-refractivity contribution in [1.82, 2.24) is 5.32 Å². The molecule has 0 radical (unpaired) electrons. The first-order chi connectivity index (χ1) is 9.12. The van der Waals surface area contributed by atoms with Crippen LogP contribution in [-0.4, -0.2) is 23.5 Å². The average molecular weight is 259 g/mol. The van der Waals surface area contributed by atoms with Crippen LogP contribution in [0, 0.1) is 11.3 Å². The zero-order valence-corrected chi connectivity index (χ0v) is 10.6. The van der Waals surface area contributed by atoms with E-state index in [0.717, 1.165) is 6.42 Å². The number of rotatable bonds is 5. The van der Waals surface area contributed by atoms with E-state index in [1.54, 1.807) is 0 Å². The standard InChI is InChI=1S/C15H17NO3/c17-13(16-9-15(6-7-15)14(18)19)12-8-11(12)10-4-2-1-3-5-10/h1-5,11-12H,6-9H2,(H,16,17)(H,18,19). The second-order valence-corrected chi connectivity index (χ2v) is 5.66. The lowest BCUT2D eigenvalue weighted by atomic mass is 10.1. The van der Waals surface area contributed by atoms with Gasteiger partial charge in [0.2, 0.25) is 5.91 Å². The summed E-state index contributed by atoms with van der Waals surface area (Å²) in [4.78, 5) is 23.0. The van der Waals surface area contributed by atoms with Gasteiger partial charge in [0.05, 0.1) is 5.41 Å². The Morgan fingerprint density at radius 1 is 1.26 bits per heavy atom. The third kappa shape index (κ3) is 2.35. The minimum Gasteiger partial charge on any atom is -0.481 e. The van der Waals surface area contributed by atoms with E-state index in [4.69, 9.17) is 5.11 Å². The fraction of sp³-hybridized carbons (Fsp3) is 0.467. The van der Waals surface area contributed by atoms with Crippen molar-refractivity contribution < 1.29 is 14.7 Å². The van der Waals surface area contributed by atoms with Crippen LogP contribution in [-0.2, 0) is 9.59 Å². The van der Waals surface area contributed by atoms with Gasteiger partial charge in [-0.1, -0.05) is 30.3 Å². The summed E-state index contributed by atoms with van der Waals surface area (Å²) in [5, 5.41) is 11.9. The highest BCUT2D eigenvalue weighted by Crippen LogP contribution is 2.48. The van der Waals surface area contributed by atoms with E-state index in [-0.39, 0.29) is 18.4 Å². The van der Waals surface area contributed by atoms with Crippen LogP contribution in [0.4, 0.5) is 0 Å². The van der Waals surface area contributed by atoms with Gasteiger partial charge in [-0.3, -0.25) is 9.59 Å². The van der Waals surface area contributed by atoms with Crippen LogP contribution >= 0.6 is 0 Å². The summed E-state index contributed by atoms with van der Waals surface area (Å²) in [5.74, 6) is -0.460. The van der Waals surface area contributed by atoms with Crippen molar-refractivity contribution >= 4 is 11.9 Å².